The molecule has 4 nitrogen and oxygen atoms in total. The van der Waals surface area contributed by atoms with Crippen LogP contribution in [0, 0.1) is 5.41 Å². The van der Waals surface area contributed by atoms with Gasteiger partial charge in [-0.3, -0.25) is 5.41 Å². The molecule has 0 unspecified atom stereocenters. The average Bonchev–Trinajstić information content (AvgIpc) is 2.88. The second kappa shape index (κ2) is 5.83. The molecule has 1 aromatic heterocycles. The Bertz CT molecular complexity index is 781. The van der Waals surface area contributed by atoms with Gasteiger partial charge in [-0.1, -0.05) is 18.2 Å². The molecule has 3 N–H and O–H groups in total. The van der Waals surface area contributed by atoms with E-state index >= 15 is 0 Å². The Hall–Kier alpha value is -1.92. The molecule has 1 heterocycles. The van der Waals surface area contributed by atoms with Gasteiger partial charge in [0.1, 0.15) is 11.4 Å². The van der Waals surface area contributed by atoms with Gasteiger partial charge in [-0.15, -0.1) is 11.8 Å². The minimum atomic E-state index is 0.0542. The minimum Gasteiger partial charge on any atom is -0.431 e. The quantitative estimate of drug-likeness (QED) is 0.432. The van der Waals surface area contributed by atoms with E-state index in [2.05, 4.69) is 4.98 Å². The van der Waals surface area contributed by atoms with E-state index in [1.165, 1.54) is 11.8 Å². The summed E-state index contributed by atoms with van der Waals surface area (Å²) in [6.07, 6.45) is 1.97. The highest BCUT2D eigenvalue weighted by molar-refractivity contribution is 7.99. The van der Waals surface area contributed by atoms with Crippen LogP contribution < -0.4 is 5.73 Å². The monoisotopic (exact) mass is 315 g/mol. The lowest BCUT2D eigenvalue weighted by Gasteiger charge is -2.10. The molecule has 0 aliphatic carbocycles. The fourth-order valence-corrected chi connectivity index (χ4v) is 3.66. The number of oxazole rings is 1. The van der Waals surface area contributed by atoms with Crippen LogP contribution in [-0.2, 0) is 0 Å². The third-order valence-electron chi connectivity index (χ3n) is 2.95. The maximum Gasteiger partial charge on any atom is 0.261 e. The molecular weight excluding hydrogens is 302 g/mol. The molecule has 0 spiro atoms. The summed E-state index contributed by atoms with van der Waals surface area (Å²) < 4.78 is 5.71. The maximum atomic E-state index is 7.79. The van der Waals surface area contributed by atoms with Crippen LogP contribution in [0.4, 0.5) is 0 Å². The highest BCUT2D eigenvalue weighted by atomic mass is 32.2. The number of nitrogens with two attached hydrogens (primary N) is 1. The van der Waals surface area contributed by atoms with Gasteiger partial charge in [0.25, 0.3) is 5.22 Å². The molecule has 3 aromatic rings. The summed E-state index contributed by atoms with van der Waals surface area (Å²) in [4.78, 5) is 6.29. The fourth-order valence-electron chi connectivity index (χ4n) is 2.02. The van der Waals surface area contributed by atoms with E-state index in [4.69, 9.17) is 15.6 Å². The number of amidine groups is 1. The minimum absolute atomic E-state index is 0.0542. The molecule has 0 saturated carbocycles. The van der Waals surface area contributed by atoms with Gasteiger partial charge < -0.3 is 10.2 Å². The molecule has 6 heteroatoms. The standard InChI is InChI=1S/C15H13N3OS2/c1-20-11-7-4-8-12(13(11)14(16)17)21-15-18-9-5-2-3-6-10(9)19-15/h2-8H,1H3,(H3,16,17). The lowest BCUT2D eigenvalue weighted by Crippen LogP contribution is -2.13. The summed E-state index contributed by atoms with van der Waals surface area (Å²) in [6, 6.07) is 13.5. The predicted octanol–water partition coefficient (Wildman–Crippen LogP) is 3.98. The number of para-hydroxylation sites is 2. The van der Waals surface area contributed by atoms with Crippen molar-refractivity contribution in [2.24, 2.45) is 5.73 Å². The van der Waals surface area contributed by atoms with Gasteiger partial charge in [-0.05, 0) is 42.3 Å². The van der Waals surface area contributed by atoms with Crippen molar-refractivity contribution in [3.63, 3.8) is 0 Å². The van der Waals surface area contributed by atoms with Crippen LogP contribution >= 0.6 is 23.5 Å². The van der Waals surface area contributed by atoms with Crippen molar-refractivity contribution in [1.29, 1.82) is 5.41 Å². The van der Waals surface area contributed by atoms with Gasteiger partial charge in [-0.2, -0.15) is 0 Å². The van der Waals surface area contributed by atoms with E-state index in [1.807, 2.05) is 48.7 Å². The van der Waals surface area contributed by atoms with Crippen molar-refractivity contribution < 1.29 is 4.42 Å². The first-order valence-electron chi connectivity index (χ1n) is 6.24. The lowest BCUT2D eigenvalue weighted by molar-refractivity contribution is 0.489. The third-order valence-corrected chi connectivity index (χ3v) is 4.64. The first-order valence-corrected chi connectivity index (χ1v) is 8.28. The van der Waals surface area contributed by atoms with Crippen molar-refractivity contribution >= 4 is 40.5 Å². The molecule has 0 atom stereocenters. The summed E-state index contributed by atoms with van der Waals surface area (Å²) >= 11 is 2.95. The van der Waals surface area contributed by atoms with Crippen LogP contribution in [0.1, 0.15) is 5.56 Å². The van der Waals surface area contributed by atoms with Crippen LogP contribution in [0.3, 0.4) is 0 Å². The zero-order valence-corrected chi connectivity index (χ0v) is 12.9. The first-order chi connectivity index (χ1) is 10.2. The number of nitrogens with zero attached hydrogens (tertiary/aromatic N) is 1. The lowest BCUT2D eigenvalue weighted by atomic mass is 10.2. The SMILES string of the molecule is CSc1cccc(Sc2nc3ccccc3o2)c1C(=N)N. The van der Waals surface area contributed by atoms with E-state index in [0.717, 1.165) is 26.5 Å². The second-order valence-electron chi connectivity index (χ2n) is 4.30. The van der Waals surface area contributed by atoms with Gasteiger partial charge in [0.05, 0.1) is 0 Å². The Morgan fingerprint density at radius 3 is 2.62 bits per heavy atom. The molecule has 0 radical (unpaired) electrons. The number of thioether (sulfide) groups is 1. The Labute approximate surface area is 130 Å². The van der Waals surface area contributed by atoms with E-state index in [0.29, 0.717) is 5.22 Å². The molecule has 3 rings (SSSR count). The number of hydrogen-bond acceptors (Lipinski definition) is 5. The van der Waals surface area contributed by atoms with Gasteiger partial charge >= 0.3 is 0 Å². The van der Waals surface area contributed by atoms with Gasteiger partial charge in [-0.25, -0.2) is 4.98 Å². The number of nitrogens with one attached hydrogen (secondary N) is 1. The number of benzene rings is 2. The molecule has 106 valence electrons. The molecule has 0 bridgehead atoms. The predicted molar refractivity (Wildman–Crippen MR) is 87.4 cm³/mol. The largest absolute Gasteiger partial charge is 0.431 e. The van der Waals surface area contributed by atoms with Gasteiger partial charge in [0, 0.05) is 15.4 Å². The van der Waals surface area contributed by atoms with Crippen molar-refractivity contribution in [2.75, 3.05) is 6.26 Å². The van der Waals surface area contributed by atoms with Crippen molar-refractivity contribution in [3.05, 3.63) is 48.0 Å². The number of rotatable bonds is 4. The summed E-state index contributed by atoms with van der Waals surface area (Å²) in [5.41, 5.74) is 8.04. The topological polar surface area (TPSA) is 75.9 Å². The Morgan fingerprint density at radius 1 is 1.14 bits per heavy atom. The summed E-state index contributed by atoms with van der Waals surface area (Å²) in [5, 5.41) is 8.35. The van der Waals surface area contributed by atoms with E-state index in [1.54, 1.807) is 11.8 Å². The Morgan fingerprint density at radius 2 is 1.90 bits per heavy atom. The van der Waals surface area contributed by atoms with Crippen LogP contribution in [-0.4, -0.2) is 17.1 Å². The fraction of sp³-hybridized carbons (Fsp3) is 0.0667. The average molecular weight is 315 g/mol. The number of nitrogen functional groups attached to an aromatic ring is 1. The van der Waals surface area contributed by atoms with Crippen molar-refractivity contribution in [2.45, 2.75) is 15.0 Å². The second-order valence-corrected chi connectivity index (χ2v) is 6.14. The molecular formula is C15H13N3OS2. The summed E-state index contributed by atoms with van der Waals surface area (Å²) in [7, 11) is 0. The molecule has 2 aromatic carbocycles. The maximum absolute atomic E-state index is 7.79. The van der Waals surface area contributed by atoms with Gasteiger partial charge in [0.2, 0.25) is 0 Å². The summed E-state index contributed by atoms with van der Waals surface area (Å²) in [6.45, 7) is 0. The van der Waals surface area contributed by atoms with E-state index in [-0.39, 0.29) is 5.84 Å². The van der Waals surface area contributed by atoms with E-state index < -0.39 is 0 Å². The molecule has 0 fully saturated rings. The van der Waals surface area contributed by atoms with Crippen LogP contribution in [0.15, 0.2) is 61.9 Å². The highest BCUT2D eigenvalue weighted by Gasteiger charge is 2.14. The molecule has 0 aliphatic heterocycles. The number of fused-ring (bicyclic) bond motifs is 1. The summed E-state index contributed by atoms with van der Waals surface area (Å²) in [5.74, 6) is 0.0542. The third kappa shape index (κ3) is 2.77. The van der Waals surface area contributed by atoms with Crippen molar-refractivity contribution in [1.82, 2.24) is 4.98 Å². The van der Waals surface area contributed by atoms with Crippen LogP contribution in [0.2, 0.25) is 0 Å². The zero-order chi connectivity index (χ0) is 14.8. The van der Waals surface area contributed by atoms with Crippen LogP contribution in [0.25, 0.3) is 11.1 Å². The van der Waals surface area contributed by atoms with E-state index in [9.17, 15) is 0 Å². The van der Waals surface area contributed by atoms with Crippen LogP contribution in [0.5, 0.6) is 0 Å². The van der Waals surface area contributed by atoms with Gasteiger partial charge in [0.15, 0.2) is 5.58 Å². The molecule has 0 aliphatic rings. The smallest absolute Gasteiger partial charge is 0.261 e. The Balaban J connectivity index is 2.03. The normalized spacial score (nSPS) is 10.9. The Kier molecular flexibility index (Phi) is 3.90. The molecule has 0 saturated heterocycles. The zero-order valence-electron chi connectivity index (χ0n) is 11.3. The van der Waals surface area contributed by atoms with Crippen molar-refractivity contribution in [3.8, 4) is 0 Å². The number of hydrogen-bond donors (Lipinski definition) is 2. The highest BCUT2D eigenvalue weighted by Crippen LogP contribution is 2.35. The first kappa shape index (κ1) is 14.0. The molecule has 21 heavy (non-hydrogen) atoms. The number of aromatic nitrogens is 1. The molecule has 0 amide bonds.